The SMILES string of the molecule is CCC(CC)N(C)CCC(C)Cl. The van der Waals surface area contributed by atoms with Crippen LogP contribution < -0.4 is 0 Å². The minimum atomic E-state index is 0.307. The Labute approximate surface area is 82.1 Å². The monoisotopic (exact) mass is 191 g/mol. The van der Waals surface area contributed by atoms with Crippen LogP contribution in [0.5, 0.6) is 0 Å². The summed E-state index contributed by atoms with van der Waals surface area (Å²) in [5.74, 6) is 0. The Morgan fingerprint density at radius 2 is 1.75 bits per heavy atom. The van der Waals surface area contributed by atoms with Crippen LogP contribution in [0.2, 0.25) is 0 Å². The molecule has 0 bridgehead atoms. The van der Waals surface area contributed by atoms with E-state index in [2.05, 4.69) is 32.7 Å². The molecule has 0 N–H and O–H groups in total. The van der Waals surface area contributed by atoms with Gasteiger partial charge in [-0.25, -0.2) is 0 Å². The predicted octanol–water partition coefficient (Wildman–Crippen LogP) is 3.12. The zero-order valence-corrected chi connectivity index (χ0v) is 9.56. The normalized spacial score (nSPS) is 14.2. The van der Waals surface area contributed by atoms with Crippen LogP contribution in [0.1, 0.15) is 40.0 Å². The first-order valence-electron chi connectivity index (χ1n) is 4.96. The summed E-state index contributed by atoms with van der Waals surface area (Å²) in [6.45, 7) is 7.67. The molecule has 0 spiro atoms. The highest BCUT2D eigenvalue weighted by Crippen LogP contribution is 2.08. The van der Waals surface area contributed by atoms with Gasteiger partial charge in [-0.15, -0.1) is 11.6 Å². The van der Waals surface area contributed by atoms with E-state index in [-0.39, 0.29) is 0 Å². The lowest BCUT2D eigenvalue weighted by molar-refractivity contribution is 0.227. The first-order valence-corrected chi connectivity index (χ1v) is 5.39. The van der Waals surface area contributed by atoms with E-state index in [4.69, 9.17) is 11.6 Å². The van der Waals surface area contributed by atoms with Crippen LogP contribution in [0, 0.1) is 0 Å². The second kappa shape index (κ2) is 6.73. The van der Waals surface area contributed by atoms with E-state index < -0.39 is 0 Å². The molecule has 0 radical (unpaired) electrons. The van der Waals surface area contributed by atoms with Crippen LogP contribution >= 0.6 is 11.6 Å². The van der Waals surface area contributed by atoms with Gasteiger partial charge in [-0.1, -0.05) is 13.8 Å². The number of halogens is 1. The molecule has 0 amide bonds. The zero-order valence-electron chi connectivity index (χ0n) is 8.81. The molecule has 0 aromatic carbocycles. The summed E-state index contributed by atoms with van der Waals surface area (Å²) in [7, 11) is 2.19. The van der Waals surface area contributed by atoms with Crippen LogP contribution in [0.4, 0.5) is 0 Å². The maximum atomic E-state index is 5.89. The van der Waals surface area contributed by atoms with Gasteiger partial charge >= 0.3 is 0 Å². The summed E-state index contributed by atoms with van der Waals surface area (Å²) < 4.78 is 0. The second-order valence-corrected chi connectivity index (χ2v) is 4.27. The molecule has 0 aliphatic rings. The number of nitrogens with zero attached hydrogens (tertiary/aromatic N) is 1. The van der Waals surface area contributed by atoms with Crippen molar-refractivity contribution in [1.29, 1.82) is 0 Å². The summed E-state index contributed by atoms with van der Waals surface area (Å²) in [5.41, 5.74) is 0. The molecule has 0 fully saturated rings. The third kappa shape index (κ3) is 5.00. The third-order valence-corrected chi connectivity index (χ3v) is 2.66. The number of alkyl halides is 1. The summed E-state index contributed by atoms with van der Waals surface area (Å²) in [5, 5.41) is 0.307. The van der Waals surface area contributed by atoms with Gasteiger partial charge in [0.1, 0.15) is 0 Å². The van der Waals surface area contributed by atoms with E-state index in [1.807, 2.05) is 0 Å². The fourth-order valence-electron chi connectivity index (χ4n) is 1.48. The van der Waals surface area contributed by atoms with E-state index in [1.165, 1.54) is 12.8 Å². The molecule has 74 valence electrons. The van der Waals surface area contributed by atoms with Crippen molar-refractivity contribution in [2.45, 2.75) is 51.5 Å². The molecule has 0 saturated heterocycles. The molecule has 0 aliphatic heterocycles. The van der Waals surface area contributed by atoms with Gasteiger partial charge in [0.05, 0.1) is 0 Å². The molecule has 1 atom stereocenters. The Balaban J connectivity index is 3.61. The van der Waals surface area contributed by atoms with Gasteiger partial charge in [0.2, 0.25) is 0 Å². The van der Waals surface area contributed by atoms with Gasteiger partial charge < -0.3 is 4.90 Å². The smallest absolute Gasteiger partial charge is 0.0320 e. The van der Waals surface area contributed by atoms with E-state index in [9.17, 15) is 0 Å². The van der Waals surface area contributed by atoms with Gasteiger partial charge in [0.25, 0.3) is 0 Å². The van der Waals surface area contributed by atoms with Gasteiger partial charge in [-0.2, -0.15) is 0 Å². The van der Waals surface area contributed by atoms with Crippen LogP contribution in [0.3, 0.4) is 0 Å². The average molecular weight is 192 g/mol. The molecule has 1 unspecified atom stereocenters. The van der Waals surface area contributed by atoms with Crippen LogP contribution in [0.25, 0.3) is 0 Å². The number of hydrogen-bond acceptors (Lipinski definition) is 1. The number of hydrogen-bond donors (Lipinski definition) is 0. The van der Waals surface area contributed by atoms with E-state index in [0.29, 0.717) is 5.38 Å². The van der Waals surface area contributed by atoms with Crippen molar-refractivity contribution >= 4 is 11.6 Å². The molecule has 0 rings (SSSR count). The molecular formula is C10H22ClN. The standard InChI is InChI=1S/C10H22ClN/c1-5-10(6-2)12(4)8-7-9(3)11/h9-10H,5-8H2,1-4H3. The molecule has 1 nitrogen and oxygen atoms in total. The Morgan fingerprint density at radius 1 is 1.25 bits per heavy atom. The topological polar surface area (TPSA) is 3.24 Å². The first-order chi connectivity index (χ1) is 5.61. The van der Waals surface area contributed by atoms with Crippen molar-refractivity contribution in [3.63, 3.8) is 0 Å². The van der Waals surface area contributed by atoms with Crippen molar-refractivity contribution < 1.29 is 0 Å². The van der Waals surface area contributed by atoms with E-state index >= 15 is 0 Å². The quantitative estimate of drug-likeness (QED) is 0.584. The second-order valence-electron chi connectivity index (χ2n) is 3.52. The average Bonchev–Trinajstić information content (AvgIpc) is 2.03. The van der Waals surface area contributed by atoms with Gasteiger partial charge in [-0.3, -0.25) is 0 Å². The highest BCUT2D eigenvalue weighted by Gasteiger charge is 2.10. The minimum Gasteiger partial charge on any atom is -0.303 e. The van der Waals surface area contributed by atoms with Crippen LogP contribution in [0.15, 0.2) is 0 Å². The van der Waals surface area contributed by atoms with Crippen LogP contribution in [-0.2, 0) is 0 Å². The molecular weight excluding hydrogens is 170 g/mol. The highest BCUT2D eigenvalue weighted by molar-refractivity contribution is 6.20. The Kier molecular flexibility index (Phi) is 6.87. The first kappa shape index (κ1) is 12.2. The Bertz CT molecular complexity index is 100. The maximum absolute atomic E-state index is 5.89. The van der Waals surface area contributed by atoms with E-state index in [0.717, 1.165) is 19.0 Å². The van der Waals surface area contributed by atoms with E-state index in [1.54, 1.807) is 0 Å². The molecule has 0 aliphatic carbocycles. The molecule has 0 saturated carbocycles. The summed E-state index contributed by atoms with van der Waals surface area (Å²) >= 11 is 5.89. The lowest BCUT2D eigenvalue weighted by Crippen LogP contribution is -2.32. The zero-order chi connectivity index (χ0) is 9.56. The lowest BCUT2D eigenvalue weighted by Gasteiger charge is -2.26. The van der Waals surface area contributed by atoms with Crippen molar-refractivity contribution in [1.82, 2.24) is 4.90 Å². The van der Waals surface area contributed by atoms with Crippen molar-refractivity contribution in [3.05, 3.63) is 0 Å². The van der Waals surface area contributed by atoms with Gasteiger partial charge in [0.15, 0.2) is 0 Å². The Hall–Kier alpha value is 0.250. The molecule has 0 heterocycles. The fourth-order valence-corrected chi connectivity index (χ4v) is 1.57. The summed E-state index contributed by atoms with van der Waals surface area (Å²) in [4.78, 5) is 2.42. The summed E-state index contributed by atoms with van der Waals surface area (Å²) in [6.07, 6.45) is 3.57. The highest BCUT2D eigenvalue weighted by atomic mass is 35.5. The van der Waals surface area contributed by atoms with Crippen molar-refractivity contribution in [2.75, 3.05) is 13.6 Å². The third-order valence-electron chi connectivity index (χ3n) is 2.45. The fraction of sp³-hybridized carbons (Fsp3) is 1.00. The minimum absolute atomic E-state index is 0.307. The molecule has 0 aromatic rings. The lowest BCUT2D eigenvalue weighted by atomic mass is 10.1. The maximum Gasteiger partial charge on any atom is 0.0320 e. The molecule has 2 heteroatoms. The predicted molar refractivity (Wildman–Crippen MR) is 56.9 cm³/mol. The summed E-state index contributed by atoms with van der Waals surface area (Å²) in [6, 6.07) is 0.736. The van der Waals surface area contributed by atoms with Gasteiger partial charge in [0, 0.05) is 11.4 Å². The Morgan fingerprint density at radius 3 is 2.08 bits per heavy atom. The van der Waals surface area contributed by atoms with Crippen molar-refractivity contribution in [2.24, 2.45) is 0 Å². The van der Waals surface area contributed by atoms with Crippen molar-refractivity contribution in [3.8, 4) is 0 Å². The molecule has 0 aromatic heterocycles. The largest absolute Gasteiger partial charge is 0.303 e. The number of rotatable bonds is 6. The molecule has 12 heavy (non-hydrogen) atoms. The van der Waals surface area contributed by atoms with Crippen LogP contribution in [-0.4, -0.2) is 29.9 Å². The van der Waals surface area contributed by atoms with Gasteiger partial charge in [-0.05, 0) is 39.8 Å².